The van der Waals surface area contributed by atoms with Crippen LogP contribution in [0.5, 0.6) is 5.75 Å². The molecule has 5 rings (SSSR count). The fourth-order valence-electron chi connectivity index (χ4n) is 3.43. The largest absolute Gasteiger partial charge is 0.504 e. The number of carbonyl (C=O) groups is 1. The van der Waals surface area contributed by atoms with Gasteiger partial charge in [0.25, 0.3) is 5.91 Å². The van der Waals surface area contributed by atoms with E-state index >= 15 is 0 Å². The highest BCUT2D eigenvalue weighted by Crippen LogP contribution is 2.32. The van der Waals surface area contributed by atoms with Gasteiger partial charge in [0, 0.05) is 12.4 Å². The van der Waals surface area contributed by atoms with Gasteiger partial charge < -0.3 is 10.8 Å². The smallest absolute Gasteiger partial charge is 0.267 e. The molecule has 0 aromatic carbocycles. The number of hydrogen-bond acceptors (Lipinski definition) is 9. The van der Waals surface area contributed by atoms with Crippen molar-refractivity contribution in [2.45, 2.75) is 20.0 Å². The number of aromatic hydroxyl groups is 1. The zero-order valence-corrected chi connectivity index (χ0v) is 17.1. The number of fused-ring (bicyclic) bond motifs is 1. The molecule has 5 heterocycles. The maximum Gasteiger partial charge on any atom is 0.267 e. The Hall–Kier alpha value is -4.62. The third kappa shape index (κ3) is 3.13. The van der Waals surface area contributed by atoms with E-state index < -0.39 is 5.91 Å². The van der Waals surface area contributed by atoms with Crippen LogP contribution in [0.2, 0.25) is 0 Å². The summed E-state index contributed by atoms with van der Waals surface area (Å²) in [6, 6.07) is 1.57. The molecular weight excluding hydrogens is 416 g/mol. The average molecular weight is 434 g/mol. The SMILES string of the molecule is Cc1nn(CCn2cncn2)c(-c2nc(-c3nc(C(N)=O)cc4c3cnn4C)n[nH]2)c1O. The summed E-state index contributed by atoms with van der Waals surface area (Å²) in [6.45, 7) is 2.60. The highest BCUT2D eigenvalue weighted by molar-refractivity contribution is 5.99. The predicted octanol–water partition coefficient (Wildman–Crippen LogP) is 0.0215. The predicted molar refractivity (Wildman–Crippen MR) is 110 cm³/mol. The van der Waals surface area contributed by atoms with Crippen LogP contribution in [0.1, 0.15) is 16.2 Å². The summed E-state index contributed by atoms with van der Waals surface area (Å²) in [6.07, 6.45) is 4.66. The van der Waals surface area contributed by atoms with Gasteiger partial charge in [-0.15, -0.1) is 0 Å². The molecule has 5 aromatic rings. The molecular formula is C18H18N12O2. The lowest BCUT2D eigenvalue weighted by Gasteiger charge is -2.05. The summed E-state index contributed by atoms with van der Waals surface area (Å²) in [5.74, 6) is -0.177. The Labute approximate surface area is 179 Å². The van der Waals surface area contributed by atoms with Gasteiger partial charge in [0.05, 0.1) is 24.8 Å². The first-order valence-electron chi connectivity index (χ1n) is 9.57. The van der Waals surface area contributed by atoms with Gasteiger partial charge in [0.1, 0.15) is 35.4 Å². The lowest BCUT2D eigenvalue weighted by Crippen LogP contribution is -2.13. The second-order valence-corrected chi connectivity index (χ2v) is 7.09. The minimum Gasteiger partial charge on any atom is -0.504 e. The molecule has 0 saturated carbocycles. The Morgan fingerprint density at radius 1 is 1.25 bits per heavy atom. The summed E-state index contributed by atoms with van der Waals surface area (Å²) in [7, 11) is 1.74. The fraction of sp³-hybridized carbons (Fsp3) is 0.222. The molecule has 0 aliphatic carbocycles. The monoisotopic (exact) mass is 434 g/mol. The zero-order chi connectivity index (χ0) is 22.4. The first kappa shape index (κ1) is 19.3. The third-order valence-electron chi connectivity index (χ3n) is 5.02. The van der Waals surface area contributed by atoms with Gasteiger partial charge in [0.2, 0.25) is 5.82 Å². The van der Waals surface area contributed by atoms with Crippen molar-refractivity contribution < 1.29 is 9.90 Å². The summed E-state index contributed by atoms with van der Waals surface area (Å²) in [5, 5.41) is 31.0. The van der Waals surface area contributed by atoms with E-state index in [9.17, 15) is 9.90 Å². The minimum atomic E-state index is -0.676. The number of nitrogens with two attached hydrogens (primary N) is 1. The van der Waals surface area contributed by atoms with Crippen LogP contribution in [0, 0.1) is 6.92 Å². The van der Waals surface area contributed by atoms with Crippen molar-refractivity contribution in [2.75, 3.05) is 0 Å². The number of aromatic nitrogens is 11. The van der Waals surface area contributed by atoms with E-state index in [4.69, 9.17) is 5.73 Å². The molecule has 0 aliphatic heterocycles. The molecule has 32 heavy (non-hydrogen) atoms. The Balaban J connectivity index is 1.57. The van der Waals surface area contributed by atoms with Crippen LogP contribution in [-0.2, 0) is 20.1 Å². The fourth-order valence-corrected chi connectivity index (χ4v) is 3.43. The maximum absolute atomic E-state index is 11.8. The molecule has 0 bridgehead atoms. The molecule has 0 spiro atoms. The van der Waals surface area contributed by atoms with Crippen molar-refractivity contribution in [3.8, 4) is 28.8 Å². The molecule has 14 heteroatoms. The van der Waals surface area contributed by atoms with Crippen LogP contribution >= 0.6 is 0 Å². The second kappa shape index (κ2) is 7.26. The number of aryl methyl sites for hydroxylation is 4. The standard InChI is InChI=1S/C18H18N12O2/c1-9-15(31)14(30(27-9)4-3-29-8-20-7-22-29)18-24-17(25-26-18)13-10-6-21-28(2)12(10)5-11(23-13)16(19)32/h5-8,31H,3-4H2,1-2H3,(H2,19,32)(H,24,25,26). The van der Waals surface area contributed by atoms with E-state index in [1.54, 1.807) is 46.6 Å². The zero-order valence-electron chi connectivity index (χ0n) is 17.1. The maximum atomic E-state index is 11.8. The first-order valence-corrected chi connectivity index (χ1v) is 9.57. The van der Waals surface area contributed by atoms with Crippen molar-refractivity contribution in [3.05, 3.63) is 36.3 Å². The molecule has 162 valence electrons. The number of hydrogen-bond donors (Lipinski definition) is 3. The number of nitrogens with one attached hydrogen (secondary N) is 1. The molecule has 0 fully saturated rings. The normalized spacial score (nSPS) is 11.4. The van der Waals surface area contributed by atoms with Gasteiger partial charge in [-0.3, -0.25) is 23.9 Å². The van der Waals surface area contributed by atoms with E-state index in [2.05, 4.69) is 40.4 Å². The Bertz CT molecular complexity index is 1440. The van der Waals surface area contributed by atoms with Crippen LogP contribution < -0.4 is 5.73 Å². The summed E-state index contributed by atoms with van der Waals surface area (Å²) >= 11 is 0. The number of rotatable bonds is 6. The van der Waals surface area contributed by atoms with Gasteiger partial charge in [-0.25, -0.2) is 15.0 Å². The van der Waals surface area contributed by atoms with Crippen LogP contribution in [0.15, 0.2) is 24.9 Å². The second-order valence-electron chi connectivity index (χ2n) is 7.09. The lowest BCUT2D eigenvalue weighted by molar-refractivity contribution is 0.0996. The highest BCUT2D eigenvalue weighted by Gasteiger charge is 2.22. The van der Waals surface area contributed by atoms with Crippen molar-refractivity contribution in [3.63, 3.8) is 0 Å². The summed E-state index contributed by atoms with van der Waals surface area (Å²) in [4.78, 5) is 24.5. The van der Waals surface area contributed by atoms with Crippen LogP contribution in [0.25, 0.3) is 33.9 Å². The Morgan fingerprint density at radius 3 is 2.84 bits per heavy atom. The molecule has 14 nitrogen and oxygen atoms in total. The summed E-state index contributed by atoms with van der Waals surface area (Å²) in [5.41, 5.74) is 7.33. The third-order valence-corrected chi connectivity index (χ3v) is 5.02. The quantitative estimate of drug-likeness (QED) is 0.331. The van der Waals surface area contributed by atoms with Gasteiger partial charge in [-0.05, 0) is 13.0 Å². The topological polar surface area (TPSA) is 184 Å². The van der Waals surface area contributed by atoms with E-state index in [-0.39, 0.29) is 17.3 Å². The molecule has 0 saturated heterocycles. The van der Waals surface area contributed by atoms with E-state index in [0.717, 1.165) is 0 Å². The van der Waals surface area contributed by atoms with Crippen LogP contribution in [0.3, 0.4) is 0 Å². The lowest BCUT2D eigenvalue weighted by atomic mass is 10.2. The number of nitrogens with zero attached hydrogens (tertiary/aromatic N) is 10. The highest BCUT2D eigenvalue weighted by atomic mass is 16.3. The number of primary amides is 1. The van der Waals surface area contributed by atoms with E-state index in [1.807, 2.05) is 0 Å². The van der Waals surface area contributed by atoms with Gasteiger partial charge in [0.15, 0.2) is 11.6 Å². The van der Waals surface area contributed by atoms with E-state index in [1.165, 1.54) is 6.33 Å². The molecule has 5 aromatic heterocycles. The van der Waals surface area contributed by atoms with Gasteiger partial charge >= 0.3 is 0 Å². The van der Waals surface area contributed by atoms with Gasteiger partial charge in [-0.2, -0.15) is 20.4 Å². The molecule has 0 aliphatic rings. The Morgan fingerprint density at radius 2 is 2.09 bits per heavy atom. The number of pyridine rings is 1. The van der Waals surface area contributed by atoms with Crippen LogP contribution in [0.4, 0.5) is 0 Å². The average Bonchev–Trinajstić information content (AvgIpc) is 3.55. The summed E-state index contributed by atoms with van der Waals surface area (Å²) < 4.78 is 4.88. The van der Waals surface area contributed by atoms with Crippen molar-refractivity contribution in [2.24, 2.45) is 12.8 Å². The van der Waals surface area contributed by atoms with Crippen molar-refractivity contribution in [1.29, 1.82) is 0 Å². The van der Waals surface area contributed by atoms with Crippen molar-refractivity contribution >= 4 is 16.8 Å². The molecule has 0 unspecified atom stereocenters. The first-order chi connectivity index (χ1) is 15.4. The number of H-pyrrole nitrogens is 1. The molecule has 4 N–H and O–H groups in total. The van der Waals surface area contributed by atoms with E-state index in [0.29, 0.717) is 46.9 Å². The van der Waals surface area contributed by atoms with Gasteiger partial charge in [-0.1, -0.05) is 0 Å². The van der Waals surface area contributed by atoms with Crippen molar-refractivity contribution in [1.82, 2.24) is 54.5 Å². The van der Waals surface area contributed by atoms with Crippen LogP contribution in [-0.4, -0.2) is 65.5 Å². The minimum absolute atomic E-state index is 0.0170. The molecule has 1 amide bonds. The molecule has 0 atom stereocenters. The number of carbonyl (C=O) groups excluding carboxylic acids is 1. The molecule has 0 radical (unpaired) electrons. The Kier molecular flexibility index (Phi) is 4.39. The number of aromatic amines is 1. The number of amides is 1.